The van der Waals surface area contributed by atoms with E-state index >= 15 is 0 Å². The van der Waals surface area contributed by atoms with E-state index in [9.17, 15) is 13.2 Å². The number of benzene rings is 3. The lowest BCUT2D eigenvalue weighted by atomic mass is 10.2. The van der Waals surface area contributed by atoms with Crippen LogP contribution in [0.3, 0.4) is 0 Å². The third-order valence-electron chi connectivity index (χ3n) is 5.25. The largest absolute Gasteiger partial charge is 0.439 e. The van der Waals surface area contributed by atoms with E-state index in [0.717, 1.165) is 22.4 Å². The minimum atomic E-state index is -3.86. The molecule has 8 heteroatoms. The molecule has 172 valence electrons. The van der Waals surface area contributed by atoms with Gasteiger partial charge in [0.1, 0.15) is 0 Å². The first-order chi connectivity index (χ1) is 16.2. The van der Waals surface area contributed by atoms with E-state index in [1.54, 1.807) is 30.3 Å². The Bertz CT molecular complexity index is 1490. The fourth-order valence-electron chi connectivity index (χ4n) is 3.24. The Hall–Kier alpha value is -4.04. The number of hydrogen-bond acceptors (Lipinski definition) is 6. The van der Waals surface area contributed by atoms with Gasteiger partial charge in [-0.2, -0.15) is 10.2 Å². The highest BCUT2D eigenvalue weighted by Crippen LogP contribution is 2.27. The molecule has 4 aromatic rings. The van der Waals surface area contributed by atoms with Crippen molar-refractivity contribution in [3.8, 4) is 0 Å². The fraction of sp³-hybridized carbons (Fsp3) is 0.115. The van der Waals surface area contributed by atoms with Gasteiger partial charge in [-0.25, -0.2) is 8.42 Å². The number of carbonyl (C=O) groups excluding carboxylic acids is 1. The van der Waals surface area contributed by atoms with E-state index in [1.165, 1.54) is 24.3 Å². The topological polar surface area (TPSA) is 101 Å². The van der Waals surface area contributed by atoms with Crippen LogP contribution in [-0.2, 0) is 9.84 Å². The van der Waals surface area contributed by atoms with E-state index in [-0.39, 0.29) is 15.7 Å². The Morgan fingerprint density at radius 1 is 0.824 bits per heavy atom. The molecule has 0 fully saturated rings. The first-order valence-corrected chi connectivity index (χ1v) is 12.0. The zero-order chi connectivity index (χ0) is 24.3. The predicted octanol–water partition coefficient (Wildman–Crippen LogP) is 6.71. The van der Waals surface area contributed by atoms with Crippen LogP contribution in [0.5, 0.6) is 0 Å². The lowest BCUT2D eigenvalue weighted by molar-refractivity contribution is 0.0991. The number of furan rings is 1. The van der Waals surface area contributed by atoms with Crippen LogP contribution in [0.25, 0.3) is 0 Å². The molecule has 1 aromatic heterocycles. The molecule has 0 unspecified atom stereocenters. The van der Waals surface area contributed by atoms with Gasteiger partial charge in [-0.3, -0.25) is 4.79 Å². The van der Waals surface area contributed by atoms with Gasteiger partial charge in [0.05, 0.1) is 16.3 Å². The number of hydrogen-bond donors (Lipinski definition) is 1. The van der Waals surface area contributed by atoms with Crippen LogP contribution in [0.15, 0.2) is 103 Å². The van der Waals surface area contributed by atoms with E-state index in [2.05, 4.69) is 15.5 Å². The van der Waals surface area contributed by atoms with Crippen LogP contribution in [0.2, 0.25) is 0 Å². The van der Waals surface area contributed by atoms with Gasteiger partial charge in [0.15, 0.2) is 5.76 Å². The normalized spacial score (nSPS) is 11.6. The number of carbonyl (C=O) groups is 1. The Labute approximate surface area is 198 Å². The number of amides is 1. The third kappa shape index (κ3) is 4.97. The lowest BCUT2D eigenvalue weighted by Crippen LogP contribution is -2.11. The summed E-state index contributed by atoms with van der Waals surface area (Å²) in [5, 5.41) is 11.0. The summed E-state index contributed by atoms with van der Waals surface area (Å²) in [6.45, 7) is 5.66. The molecule has 0 saturated carbocycles. The van der Waals surface area contributed by atoms with Gasteiger partial charge in [0.25, 0.3) is 5.91 Å². The molecular weight excluding hydrogens is 450 g/mol. The molecule has 1 N–H and O–H groups in total. The van der Waals surface area contributed by atoms with Crippen molar-refractivity contribution >= 4 is 32.8 Å². The van der Waals surface area contributed by atoms with E-state index in [1.807, 2.05) is 45.0 Å². The van der Waals surface area contributed by atoms with Crippen molar-refractivity contribution < 1.29 is 17.6 Å². The van der Waals surface area contributed by atoms with Crippen molar-refractivity contribution in [1.29, 1.82) is 0 Å². The molecule has 1 heterocycles. The van der Waals surface area contributed by atoms with Crippen LogP contribution >= 0.6 is 0 Å². The summed E-state index contributed by atoms with van der Waals surface area (Å²) >= 11 is 0. The molecule has 0 atom stereocenters. The fourth-order valence-corrected chi connectivity index (χ4v) is 4.41. The maximum Gasteiger partial charge on any atom is 0.291 e. The minimum Gasteiger partial charge on any atom is -0.439 e. The number of aryl methyl sites for hydroxylation is 3. The van der Waals surface area contributed by atoms with Crippen LogP contribution in [0.4, 0.5) is 17.1 Å². The van der Waals surface area contributed by atoms with Gasteiger partial charge >= 0.3 is 0 Å². The van der Waals surface area contributed by atoms with Gasteiger partial charge < -0.3 is 9.73 Å². The Balaban J connectivity index is 1.48. The van der Waals surface area contributed by atoms with E-state index < -0.39 is 15.7 Å². The van der Waals surface area contributed by atoms with Crippen molar-refractivity contribution in [2.45, 2.75) is 30.8 Å². The first-order valence-electron chi connectivity index (χ1n) is 10.5. The van der Waals surface area contributed by atoms with Gasteiger partial charge in [-0.1, -0.05) is 35.9 Å². The van der Waals surface area contributed by atoms with E-state index in [4.69, 9.17) is 4.42 Å². The summed E-state index contributed by atoms with van der Waals surface area (Å²) in [4.78, 5) is 12.8. The van der Waals surface area contributed by atoms with Gasteiger partial charge in [0, 0.05) is 5.69 Å². The predicted molar refractivity (Wildman–Crippen MR) is 130 cm³/mol. The summed E-state index contributed by atoms with van der Waals surface area (Å²) < 4.78 is 30.9. The second kappa shape index (κ2) is 9.44. The molecule has 4 rings (SSSR count). The molecule has 0 radical (unpaired) electrons. The molecular formula is C26H23N3O4S. The van der Waals surface area contributed by atoms with Gasteiger partial charge in [-0.15, -0.1) is 0 Å². The number of anilines is 1. The van der Waals surface area contributed by atoms with Gasteiger partial charge in [-0.05, 0) is 80.4 Å². The quantitative estimate of drug-likeness (QED) is 0.315. The molecule has 3 aromatic carbocycles. The SMILES string of the molecule is Cc1ccc(S(=O)(=O)c2ccc(C(=O)Nc3ccc(N=Nc4ccccc4C)cc3C)o2)cc1. The second-order valence-electron chi connectivity index (χ2n) is 7.88. The summed E-state index contributed by atoms with van der Waals surface area (Å²) in [5.74, 6) is -0.656. The molecule has 0 saturated heterocycles. The first kappa shape index (κ1) is 23.1. The summed E-state index contributed by atoms with van der Waals surface area (Å²) in [6.07, 6.45) is 0. The molecule has 0 bridgehead atoms. The summed E-state index contributed by atoms with van der Waals surface area (Å²) in [7, 11) is -3.86. The molecule has 0 aliphatic carbocycles. The highest BCUT2D eigenvalue weighted by molar-refractivity contribution is 7.91. The zero-order valence-corrected chi connectivity index (χ0v) is 19.8. The highest BCUT2D eigenvalue weighted by atomic mass is 32.2. The van der Waals surface area contributed by atoms with Crippen LogP contribution in [-0.4, -0.2) is 14.3 Å². The Morgan fingerprint density at radius 3 is 2.26 bits per heavy atom. The average molecular weight is 474 g/mol. The van der Waals surface area contributed by atoms with E-state index in [0.29, 0.717) is 11.4 Å². The summed E-state index contributed by atoms with van der Waals surface area (Å²) in [5.41, 5.74) is 4.72. The maximum absolute atomic E-state index is 12.8. The lowest BCUT2D eigenvalue weighted by Gasteiger charge is -2.07. The standard InChI is InChI=1S/C26H23N3O4S/c1-17-8-11-21(12-9-17)34(31,32)25-15-14-24(33-25)26(30)27-22-13-10-20(16-19(22)3)28-29-23-7-5-4-6-18(23)2/h4-16H,1-3H3,(H,27,30). The Morgan fingerprint density at radius 2 is 1.56 bits per heavy atom. The third-order valence-corrected chi connectivity index (χ3v) is 6.89. The second-order valence-corrected chi connectivity index (χ2v) is 9.76. The van der Waals surface area contributed by atoms with Crippen molar-refractivity contribution in [3.05, 3.63) is 101 Å². The Kier molecular flexibility index (Phi) is 6.43. The van der Waals surface area contributed by atoms with Crippen LogP contribution in [0.1, 0.15) is 27.2 Å². The average Bonchev–Trinajstić information content (AvgIpc) is 3.32. The molecule has 1 amide bonds. The number of nitrogens with zero attached hydrogens (tertiary/aromatic N) is 2. The monoisotopic (exact) mass is 473 g/mol. The van der Waals surface area contributed by atoms with Crippen LogP contribution < -0.4 is 5.32 Å². The molecule has 34 heavy (non-hydrogen) atoms. The number of rotatable bonds is 6. The minimum absolute atomic E-state index is 0.103. The zero-order valence-electron chi connectivity index (χ0n) is 18.9. The smallest absolute Gasteiger partial charge is 0.291 e. The molecule has 7 nitrogen and oxygen atoms in total. The van der Waals surface area contributed by atoms with Crippen molar-refractivity contribution in [2.24, 2.45) is 10.2 Å². The number of azo groups is 1. The molecule has 0 aliphatic rings. The number of sulfone groups is 1. The molecule has 0 aliphatic heterocycles. The van der Waals surface area contributed by atoms with Crippen molar-refractivity contribution in [1.82, 2.24) is 0 Å². The van der Waals surface area contributed by atoms with Crippen LogP contribution in [0, 0.1) is 20.8 Å². The highest BCUT2D eigenvalue weighted by Gasteiger charge is 2.23. The molecule has 0 spiro atoms. The van der Waals surface area contributed by atoms with Crippen molar-refractivity contribution in [2.75, 3.05) is 5.32 Å². The summed E-state index contributed by atoms with van der Waals surface area (Å²) in [6, 6.07) is 22.0. The van der Waals surface area contributed by atoms with Crippen molar-refractivity contribution in [3.63, 3.8) is 0 Å². The number of nitrogens with one attached hydrogen (secondary N) is 1. The van der Waals surface area contributed by atoms with Gasteiger partial charge in [0.2, 0.25) is 14.9 Å². The maximum atomic E-state index is 12.8.